The first-order valence-electron chi connectivity index (χ1n) is 3.53. The van der Waals surface area contributed by atoms with Crippen LogP contribution < -0.4 is 5.73 Å². The van der Waals surface area contributed by atoms with E-state index in [0.717, 1.165) is 5.82 Å². The van der Waals surface area contributed by atoms with Crippen LogP contribution in [0.25, 0.3) is 0 Å². The van der Waals surface area contributed by atoms with Gasteiger partial charge in [0, 0.05) is 6.42 Å². The maximum absolute atomic E-state index is 8.93. The van der Waals surface area contributed by atoms with E-state index in [9.17, 15) is 0 Å². The van der Waals surface area contributed by atoms with Crippen LogP contribution in [-0.4, -0.2) is 26.4 Å². The van der Waals surface area contributed by atoms with E-state index in [4.69, 9.17) is 10.8 Å². The molecular weight excluding hydrogens is 144 g/mol. The minimum Gasteiger partial charge on any atom is -0.393 e. The number of rotatable bonds is 3. The van der Waals surface area contributed by atoms with Gasteiger partial charge >= 0.3 is 0 Å². The molecule has 5 heteroatoms. The third-order valence-electron chi connectivity index (χ3n) is 1.35. The summed E-state index contributed by atoms with van der Waals surface area (Å²) in [6, 6.07) is 0. The predicted octanol–water partition coefficient (Wildman–Crippen LogP) is -0.300. The smallest absolute Gasteiger partial charge is 0.239 e. The van der Waals surface area contributed by atoms with E-state index in [2.05, 4.69) is 15.2 Å². The standard InChI is InChI=1S/C6H12N4O/c1-4(11)2-3-5-8-6(7)10-9-5/h4,11H,2-3H2,1H3,(H3,7,8,9,10). The molecular formula is C6H12N4O. The molecule has 1 aromatic heterocycles. The van der Waals surface area contributed by atoms with Crippen LogP contribution in [0.5, 0.6) is 0 Å². The number of hydrogen-bond acceptors (Lipinski definition) is 4. The third-order valence-corrected chi connectivity index (χ3v) is 1.35. The van der Waals surface area contributed by atoms with Crippen molar-refractivity contribution in [3.05, 3.63) is 5.82 Å². The van der Waals surface area contributed by atoms with Crippen molar-refractivity contribution in [1.82, 2.24) is 15.2 Å². The lowest BCUT2D eigenvalue weighted by Crippen LogP contribution is -2.02. The molecule has 0 amide bonds. The van der Waals surface area contributed by atoms with Gasteiger partial charge in [0.2, 0.25) is 5.95 Å². The molecule has 5 nitrogen and oxygen atoms in total. The molecule has 0 aromatic carbocycles. The Bertz CT molecular complexity index is 220. The molecule has 1 unspecified atom stereocenters. The first-order valence-corrected chi connectivity index (χ1v) is 3.53. The number of nitrogens with zero attached hydrogens (tertiary/aromatic N) is 2. The van der Waals surface area contributed by atoms with E-state index >= 15 is 0 Å². The highest BCUT2D eigenvalue weighted by Crippen LogP contribution is 1.99. The maximum Gasteiger partial charge on any atom is 0.239 e. The predicted molar refractivity (Wildman–Crippen MR) is 40.8 cm³/mol. The normalized spacial score (nSPS) is 13.3. The van der Waals surface area contributed by atoms with Crippen molar-refractivity contribution in [3.8, 4) is 0 Å². The molecule has 62 valence electrons. The molecule has 4 N–H and O–H groups in total. The van der Waals surface area contributed by atoms with E-state index < -0.39 is 0 Å². The fourth-order valence-corrected chi connectivity index (χ4v) is 0.767. The van der Waals surface area contributed by atoms with Gasteiger partial charge in [0.1, 0.15) is 5.82 Å². The van der Waals surface area contributed by atoms with Crippen molar-refractivity contribution in [2.75, 3.05) is 5.73 Å². The van der Waals surface area contributed by atoms with E-state index in [1.807, 2.05) is 0 Å². The summed E-state index contributed by atoms with van der Waals surface area (Å²) in [5.74, 6) is 0.981. The minimum atomic E-state index is -0.304. The molecule has 0 spiro atoms. The number of aliphatic hydroxyl groups is 1. The van der Waals surface area contributed by atoms with Gasteiger partial charge in [-0.1, -0.05) is 0 Å². The Balaban J connectivity index is 2.39. The van der Waals surface area contributed by atoms with Crippen molar-refractivity contribution >= 4 is 5.95 Å². The molecule has 0 radical (unpaired) electrons. The molecule has 0 aliphatic rings. The van der Waals surface area contributed by atoms with Crippen molar-refractivity contribution in [1.29, 1.82) is 0 Å². The summed E-state index contributed by atoms with van der Waals surface area (Å²) in [5.41, 5.74) is 5.27. The highest BCUT2D eigenvalue weighted by molar-refractivity contribution is 5.12. The number of aromatic nitrogens is 3. The molecule has 1 aromatic rings. The maximum atomic E-state index is 8.93. The molecule has 0 aliphatic carbocycles. The summed E-state index contributed by atoms with van der Waals surface area (Å²) < 4.78 is 0. The Morgan fingerprint density at radius 2 is 2.45 bits per heavy atom. The van der Waals surface area contributed by atoms with Gasteiger partial charge in [0.25, 0.3) is 0 Å². The van der Waals surface area contributed by atoms with Crippen LogP contribution in [0.1, 0.15) is 19.2 Å². The van der Waals surface area contributed by atoms with Gasteiger partial charge < -0.3 is 10.8 Å². The van der Waals surface area contributed by atoms with Crippen LogP contribution in [0.15, 0.2) is 0 Å². The molecule has 1 rings (SSSR count). The number of aliphatic hydroxyl groups excluding tert-OH is 1. The number of nitrogen functional groups attached to an aromatic ring is 1. The van der Waals surface area contributed by atoms with Gasteiger partial charge in [-0.3, -0.25) is 5.10 Å². The summed E-state index contributed by atoms with van der Waals surface area (Å²) in [7, 11) is 0. The lowest BCUT2D eigenvalue weighted by atomic mass is 10.2. The zero-order chi connectivity index (χ0) is 8.27. The summed E-state index contributed by atoms with van der Waals surface area (Å²) >= 11 is 0. The van der Waals surface area contributed by atoms with Gasteiger partial charge in [-0.05, 0) is 13.3 Å². The molecule has 0 saturated heterocycles. The van der Waals surface area contributed by atoms with Gasteiger partial charge in [0.15, 0.2) is 0 Å². The Morgan fingerprint density at radius 3 is 2.91 bits per heavy atom. The second-order valence-electron chi connectivity index (χ2n) is 2.53. The summed E-state index contributed by atoms with van der Waals surface area (Å²) in [6.07, 6.45) is 1.05. The van der Waals surface area contributed by atoms with E-state index in [-0.39, 0.29) is 12.1 Å². The summed E-state index contributed by atoms with van der Waals surface area (Å²) in [6.45, 7) is 1.74. The topological polar surface area (TPSA) is 87.8 Å². The Labute approximate surface area is 64.6 Å². The van der Waals surface area contributed by atoms with Crippen LogP contribution in [0.2, 0.25) is 0 Å². The van der Waals surface area contributed by atoms with Gasteiger partial charge in [-0.2, -0.15) is 4.98 Å². The monoisotopic (exact) mass is 156 g/mol. The quantitative estimate of drug-likeness (QED) is 0.560. The summed E-state index contributed by atoms with van der Waals surface area (Å²) in [4.78, 5) is 3.88. The SMILES string of the molecule is CC(O)CCc1nc(N)n[nH]1. The second kappa shape index (κ2) is 3.34. The lowest BCUT2D eigenvalue weighted by Gasteiger charge is -1.99. The Hall–Kier alpha value is -1.10. The highest BCUT2D eigenvalue weighted by Gasteiger charge is 2.01. The molecule has 0 bridgehead atoms. The van der Waals surface area contributed by atoms with E-state index in [0.29, 0.717) is 12.8 Å². The van der Waals surface area contributed by atoms with Crippen LogP contribution in [0, 0.1) is 0 Å². The first kappa shape index (κ1) is 8.00. The Kier molecular flexibility index (Phi) is 2.43. The lowest BCUT2D eigenvalue weighted by molar-refractivity contribution is 0.184. The van der Waals surface area contributed by atoms with Crippen LogP contribution >= 0.6 is 0 Å². The number of aryl methyl sites for hydroxylation is 1. The highest BCUT2D eigenvalue weighted by atomic mass is 16.3. The molecule has 0 aliphatic heterocycles. The zero-order valence-corrected chi connectivity index (χ0v) is 6.41. The molecule has 1 heterocycles. The second-order valence-corrected chi connectivity index (χ2v) is 2.53. The molecule has 1 atom stereocenters. The van der Waals surface area contributed by atoms with Gasteiger partial charge in [-0.15, -0.1) is 5.10 Å². The van der Waals surface area contributed by atoms with E-state index in [1.54, 1.807) is 6.92 Å². The molecule has 11 heavy (non-hydrogen) atoms. The van der Waals surface area contributed by atoms with Crippen LogP contribution in [0.3, 0.4) is 0 Å². The van der Waals surface area contributed by atoms with Crippen LogP contribution in [-0.2, 0) is 6.42 Å². The number of nitrogens with two attached hydrogens (primary N) is 1. The number of hydrogen-bond donors (Lipinski definition) is 3. The average Bonchev–Trinajstić information content (AvgIpc) is 2.31. The van der Waals surface area contributed by atoms with Gasteiger partial charge in [0.05, 0.1) is 6.10 Å². The number of H-pyrrole nitrogens is 1. The number of aromatic amines is 1. The largest absolute Gasteiger partial charge is 0.393 e. The van der Waals surface area contributed by atoms with Crippen LogP contribution in [0.4, 0.5) is 5.95 Å². The minimum absolute atomic E-state index is 0.255. The molecule has 0 fully saturated rings. The van der Waals surface area contributed by atoms with Crippen molar-refractivity contribution in [2.45, 2.75) is 25.9 Å². The third kappa shape index (κ3) is 2.55. The number of nitrogens with one attached hydrogen (secondary N) is 1. The fourth-order valence-electron chi connectivity index (χ4n) is 0.767. The fraction of sp³-hybridized carbons (Fsp3) is 0.667. The first-order chi connectivity index (χ1) is 5.18. The van der Waals surface area contributed by atoms with Crippen molar-refractivity contribution in [3.63, 3.8) is 0 Å². The average molecular weight is 156 g/mol. The number of anilines is 1. The Morgan fingerprint density at radius 1 is 1.73 bits per heavy atom. The van der Waals surface area contributed by atoms with E-state index in [1.165, 1.54) is 0 Å². The van der Waals surface area contributed by atoms with Gasteiger partial charge in [-0.25, -0.2) is 0 Å². The molecule has 0 saturated carbocycles. The summed E-state index contributed by atoms with van der Waals surface area (Å²) in [5, 5.41) is 15.2. The zero-order valence-electron chi connectivity index (χ0n) is 6.41. The van der Waals surface area contributed by atoms with Crippen molar-refractivity contribution < 1.29 is 5.11 Å². The van der Waals surface area contributed by atoms with Crippen molar-refractivity contribution in [2.24, 2.45) is 0 Å².